The number of methoxy groups -OCH3 is 1. The van der Waals surface area contributed by atoms with Crippen LogP contribution in [0.15, 0.2) is 42.5 Å². The van der Waals surface area contributed by atoms with Crippen molar-refractivity contribution in [2.24, 2.45) is 0 Å². The zero-order valence-electron chi connectivity index (χ0n) is 13.0. The molecule has 0 bridgehead atoms. The van der Waals surface area contributed by atoms with E-state index in [-0.39, 0.29) is 17.9 Å². The molecular formula is C17H16ClNO5. The number of nitro groups is 1. The van der Waals surface area contributed by atoms with Crippen molar-refractivity contribution in [3.63, 3.8) is 0 Å². The highest BCUT2D eigenvalue weighted by Crippen LogP contribution is 2.31. The van der Waals surface area contributed by atoms with Gasteiger partial charge in [-0.3, -0.25) is 14.9 Å². The zero-order valence-corrected chi connectivity index (χ0v) is 13.8. The van der Waals surface area contributed by atoms with Crippen LogP contribution in [0.5, 0.6) is 11.5 Å². The number of hydrogen-bond donors (Lipinski definition) is 0. The second-order valence-corrected chi connectivity index (χ2v) is 5.48. The van der Waals surface area contributed by atoms with Crippen molar-refractivity contribution in [2.75, 3.05) is 7.11 Å². The van der Waals surface area contributed by atoms with Crippen molar-refractivity contribution < 1.29 is 19.2 Å². The number of hydrogen-bond acceptors (Lipinski definition) is 5. The molecule has 7 heteroatoms. The highest BCUT2D eigenvalue weighted by molar-refractivity contribution is 6.30. The third kappa shape index (κ3) is 4.96. The summed E-state index contributed by atoms with van der Waals surface area (Å²) in [6.07, 6.45) is 1.42. The zero-order chi connectivity index (χ0) is 17.5. The van der Waals surface area contributed by atoms with E-state index < -0.39 is 10.9 Å². The maximum atomic E-state index is 11.9. The van der Waals surface area contributed by atoms with Crippen LogP contribution < -0.4 is 9.47 Å². The molecule has 24 heavy (non-hydrogen) atoms. The van der Waals surface area contributed by atoms with Crippen molar-refractivity contribution in [3.8, 4) is 11.5 Å². The molecule has 0 aliphatic rings. The molecule has 0 unspecified atom stereocenters. The Morgan fingerprint density at radius 2 is 1.92 bits per heavy atom. The van der Waals surface area contributed by atoms with E-state index in [9.17, 15) is 14.9 Å². The number of carbonyl (C=O) groups is 1. The number of benzene rings is 2. The normalized spacial score (nSPS) is 10.2. The second-order valence-electron chi connectivity index (χ2n) is 5.04. The molecule has 0 aliphatic carbocycles. The number of ether oxygens (including phenoxy) is 2. The molecule has 0 aromatic heterocycles. The molecular weight excluding hydrogens is 334 g/mol. The van der Waals surface area contributed by atoms with Crippen molar-refractivity contribution >= 4 is 23.3 Å². The Bertz CT molecular complexity index is 730. The van der Waals surface area contributed by atoms with Crippen LogP contribution in [0, 0.1) is 10.1 Å². The van der Waals surface area contributed by atoms with E-state index in [1.807, 2.05) is 12.1 Å². The monoisotopic (exact) mass is 349 g/mol. The van der Waals surface area contributed by atoms with Crippen LogP contribution in [0.3, 0.4) is 0 Å². The third-order valence-corrected chi connectivity index (χ3v) is 3.60. The second kappa shape index (κ2) is 8.31. The van der Waals surface area contributed by atoms with Gasteiger partial charge < -0.3 is 9.47 Å². The molecule has 0 amide bonds. The number of carbonyl (C=O) groups excluding carboxylic acids is 1. The molecule has 0 radical (unpaired) electrons. The van der Waals surface area contributed by atoms with Crippen LogP contribution >= 0.6 is 11.6 Å². The SMILES string of the molecule is COc1ccc(OC(=O)CCCc2ccc(Cl)cc2)c([N+](=O)[O-])c1. The van der Waals surface area contributed by atoms with E-state index >= 15 is 0 Å². The van der Waals surface area contributed by atoms with Crippen molar-refractivity contribution in [1.82, 2.24) is 0 Å². The van der Waals surface area contributed by atoms with Crippen LogP contribution in [0.2, 0.25) is 5.02 Å². The molecule has 0 heterocycles. The Kier molecular flexibility index (Phi) is 6.14. The molecule has 0 N–H and O–H groups in total. The van der Waals surface area contributed by atoms with Crippen molar-refractivity contribution in [2.45, 2.75) is 19.3 Å². The fraction of sp³-hybridized carbons (Fsp3) is 0.235. The number of nitro benzene ring substituents is 1. The molecule has 2 rings (SSSR count). The quantitative estimate of drug-likeness (QED) is 0.324. The van der Waals surface area contributed by atoms with Gasteiger partial charge in [0, 0.05) is 11.4 Å². The minimum Gasteiger partial charge on any atom is -0.496 e. The lowest BCUT2D eigenvalue weighted by Gasteiger charge is -2.07. The first-order valence-electron chi connectivity index (χ1n) is 7.27. The van der Waals surface area contributed by atoms with E-state index in [0.29, 0.717) is 23.6 Å². The fourth-order valence-electron chi connectivity index (χ4n) is 2.11. The van der Waals surface area contributed by atoms with E-state index in [1.165, 1.54) is 25.3 Å². The molecule has 2 aromatic carbocycles. The lowest BCUT2D eigenvalue weighted by molar-refractivity contribution is -0.385. The summed E-state index contributed by atoms with van der Waals surface area (Å²) < 4.78 is 10.0. The molecule has 2 aromatic rings. The first-order valence-corrected chi connectivity index (χ1v) is 7.65. The van der Waals surface area contributed by atoms with Gasteiger partial charge in [0.1, 0.15) is 5.75 Å². The van der Waals surface area contributed by atoms with Gasteiger partial charge in [0.15, 0.2) is 0 Å². The maximum absolute atomic E-state index is 11.9. The van der Waals surface area contributed by atoms with Crippen LogP contribution in [0.4, 0.5) is 5.69 Å². The van der Waals surface area contributed by atoms with Gasteiger partial charge in [-0.05, 0) is 42.7 Å². The molecule has 6 nitrogen and oxygen atoms in total. The Labute approximate surface area is 144 Å². The predicted octanol–water partition coefficient (Wildman–Crippen LogP) is 4.19. The highest BCUT2D eigenvalue weighted by atomic mass is 35.5. The molecule has 0 spiro atoms. The molecule has 0 aliphatic heterocycles. The number of halogens is 1. The fourth-order valence-corrected chi connectivity index (χ4v) is 2.24. The largest absolute Gasteiger partial charge is 0.496 e. The van der Waals surface area contributed by atoms with Gasteiger partial charge in [0.25, 0.3) is 0 Å². The average molecular weight is 350 g/mol. The van der Waals surface area contributed by atoms with E-state index in [4.69, 9.17) is 21.1 Å². The van der Waals surface area contributed by atoms with Gasteiger partial charge in [-0.25, -0.2) is 0 Å². The van der Waals surface area contributed by atoms with Gasteiger partial charge in [0.05, 0.1) is 18.1 Å². The molecule has 0 saturated carbocycles. The van der Waals surface area contributed by atoms with Gasteiger partial charge in [-0.2, -0.15) is 0 Å². The standard InChI is InChI=1S/C17H16ClNO5/c1-23-14-9-10-16(15(11-14)19(21)22)24-17(20)4-2-3-12-5-7-13(18)8-6-12/h5-11H,2-4H2,1H3. The summed E-state index contributed by atoms with van der Waals surface area (Å²) >= 11 is 5.81. The third-order valence-electron chi connectivity index (χ3n) is 3.35. The van der Waals surface area contributed by atoms with Gasteiger partial charge in [-0.1, -0.05) is 23.7 Å². The van der Waals surface area contributed by atoms with Crippen molar-refractivity contribution in [1.29, 1.82) is 0 Å². The van der Waals surface area contributed by atoms with Crippen molar-refractivity contribution in [3.05, 3.63) is 63.2 Å². The topological polar surface area (TPSA) is 78.7 Å². The molecule has 0 atom stereocenters. The minimum atomic E-state index is -0.612. The summed E-state index contributed by atoms with van der Waals surface area (Å²) in [6.45, 7) is 0. The van der Waals surface area contributed by atoms with E-state index in [2.05, 4.69) is 0 Å². The highest BCUT2D eigenvalue weighted by Gasteiger charge is 2.19. The van der Waals surface area contributed by atoms with E-state index in [1.54, 1.807) is 12.1 Å². The number of aryl methyl sites for hydroxylation is 1. The van der Waals surface area contributed by atoms with Crippen LogP contribution in [-0.4, -0.2) is 18.0 Å². The predicted molar refractivity (Wildman–Crippen MR) is 89.7 cm³/mol. The summed E-state index contributed by atoms with van der Waals surface area (Å²) in [7, 11) is 1.40. The number of esters is 1. The Balaban J connectivity index is 1.92. The molecule has 126 valence electrons. The summed E-state index contributed by atoms with van der Waals surface area (Å²) in [6, 6.07) is 11.4. The first-order chi connectivity index (χ1) is 11.5. The Morgan fingerprint density at radius 1 is 1.21 bits per heavy atom. The summed E-state index contributed by atoms with van der Waals surface area (Å²) in [4.78, 5) is 22.3. The summed E-state index contributed by atoms with van der Waals surface area (Å²) in [5.74, 6) is -0.279. The van der Waals surface area contributed by atoms with Crippen LogP contribution in [-0.2, 0) is 11.2 Å². The average Bonchev–Trinajstić information content (AvgIpc) is 2.57. The molecule has 0 saturated heterocycles. The summed E-state index contributed by atoms with van der Waals surface area (Å²) in [5, 5.41) is 11.7. The maximum Gasteiger partial charge on any atom is 0.315 e. The Hall–Kier alpha value is -2.60. The van der Waals surface area contributed by atoms with Gasteiger partial charge in [0.2, 0.25) is 5.75 Å². The van der Waals surface area contributed by atoms with Gasteiger partial charge in [-0.15, -0.1) is 0 Å². The van der Waals surface area contributed by atoms with E-state index in [0.717, 1.165) is 5.56 Å². The number of rotatable bonds is 7. The minimum absolute atomic E-state index is 0.0858. The Morgan fingerprint density at radius 3 is 2.54 bits per heavy atom. The smallest absolute Gasteiger partial charge is 0.315 e. The lowest BCUT2D eigenvalue weighted by Crippen LogP contribution is -2.09. The summed E-state index contributed by atoms with van der Waals surface area (Å²) in [5.41, 5.74) is 0.753. The van der Waals surface area contributed by atoms with Crippen LogP contribution in [0.1, 0.15) is 18.4 Å². The first kappa shape index (κ1) is 17.7. The van der Waals surface area contributed by atoms with Gasteiger partial charge >= 0.3 is 11.7 Å². The van der Waals surface area contributed by atoms with Crippen LogP contribution in [0.25, 0.3) is 0 Å². The number of nitrogens with zero attached hydrogens (tertiary/aromatic N) is 1. The molecule has 0 fully saturated rings. The lowest BCUT2D eigenvalue weighted by atomic mass is 10.1.